The summed E-state index contributed by atoms with van der Waals surface area (Å²) in [7, 11) is 0. The molecule has 0 spiro atoms. The molecule has 2 aromatic rings. The van der Waals surface area contributed by atoms with Crippen molar-refractivity contribution in [3.05, 3.63) is 70.3 Å². The van der Waals surface area contributed by atoms with E-state index in [0.29, 0.717) is 5.69 Å². The third-order valence-electron chi connectivity index (χ3n) is 2.95. The van der Waals surface area contributed by atoms with E-state index in [9.17, 15) is 19.7 Å². The lowest BCUT2D eigenvalue weighted by Gasteiger charge is -2.21. The smallest absolute Gasteiger partial charge is 0.269 e. The van der Waals surface area contributed by atoms with Crippen LogP contribution in [-0.4, -0.2) is 23.3 Å². The van der Waals surface area contributed by atoms with Gasteiger partial charge in [0.05, 0.1) is 4.92 Å². The molecular formula is C15H13N3O4. The number of primary amides is 1. The number of carbonyl (C=O) groups excluding carboxylic acids is 2. The summed E-state index contributed by atoms with van der Waals surface area (Å²) in [5, 5.41) is 10.6. The average Bonchev–Trinajstić information content (AvgIpc) is 2.52. The average molecular weight is 299 g/mol. The van der Waals surface area contributed by atoms with Gasteiger partial charge in [-0.1, -0.05) is 18.2 Å². The fourth-order valence-electron chi connectivity index (χ4n) is 1.93. The Morgan fingerprint density at radius 3 is 2.14 bits per heavy atom. The number of hydrogen-bond donors (Lipinski definition) is 1. The Morgan fingerprint density at radius 2 is 1.64 bits per heavy atom. The molecule has 2 N–H and O–H groups in total. The molecule has 0 aliphatic heterocycles. The van der Waals surface area contributed by atoms with Crippen LogP contribution >= 0.6 is 0 Å². The molecule has 112 valence electrons. The minimum absolute atomic E-state index is 0.113. The van der Waals surface area contributed by atoms with Crippen LogP contribution in [0.2, 0.25) is 0 Å². The summed E-state index contributed by atoms with van der Waals surface area (Å²) in [5.41, 5.74) is 5.83. The van der Waals surface area contributed by atoms with E-state index < -0.39 is 16.7 Å². The van der Waals surface area contributed by atoms with Crippen LogP contribution in [0.3, 0.4) is 0 Å². The van der Waals surface area contributed by atoms with Gasteiger partial charge in [-0.15, -0.1) is 0 Å². The maximum absolute atomic E-state index is 12.5. The molecule has 7 heteroatoms. The number of benzene rings is 2. The highest BCUT2D eigenvalue weighted by atomic mass is 16.6. The molecule has 2 aromatic carbocycles. The first kappa shape index (κ1) is 15.2. The monoisotopic (exact) mass is 299 g/mol. The van der Waals surface area contributed by atoms with Gasteiger partial charge in [0.2, 0.25) is 5.91 Å². The largest absolute Gasteiger partial charge is 0.368 e. The van der Waals surface area contributed by atoms with Gasteiger partial charge in [-0.3, -0.25) is 24.6 Å². The first-order chi connectivity index (χ1) is 10.5. The van der Waals surface area contributed by atoms with Gasteiger partial charge in [0, 0.05) is 23.4 Å². The maximum Gasteiger partial charge on any atom is 0.269 e. The number of nitro benzene ring substituents is 1. The Balaban J connectivity index is 2.33. The van der Waals surface area contributed by atoms with Crippen LogP contribution in [0.4, 0.5) is 11.4 Å². The normalized spacial score (nSPS) is 10.0. The zero-order valence-electron chi connectivity index (χ0n) is 11.5. The van der Waals surface area contributed by atoms with E-state index in [2.05, 4.69) is 0 Å². The number of nitrogens with zero attached hydrogens (tertiary/aromatic N) is 2. The summed E-state index contributed by atoms with van der Waals surface area (Å²) < 4.78 is 0. The first-order valence-electron chi connectivity index (χ1n) is 6.38. The molecule has 0 fully saturated rings. The predicted octanol–water partition coefficient (Wildman–Crippen LogP) is 1.73. The molecule has 0 aliphatic carbocycles. The summed E-state index contributed by atoms with van der Waals surface area (Å²) in [6.07, 6.45) is 0. The number of rotatable bonds is 5. The van der Waals surface area contributed by atoms with Gasteiger partial charge < -0.3 is 5.73 Å². The number of non-ortho nitro benzene ring substituents is 1. The maximum atomic E-state index is 12.5. The van der Waals surface area contributed by atoms with Crippen LogP contribution in [0.5, 0.6) is 0 Å². The summed E-state index contributed by atoms with van der Waals surface area (Å²) in [5.74, 6) is -1.11. The molecule has 0 unspecified atom stereocenters. The van der Waals surface area contributed by atoms with Gasteiger partial charge in [0.1, 0.15) is 6.54 Å². The Labute approximate surface area is 126 Å². The van der Waals surface area contributed by atoms with Crippen molar-refractivity contribution in [2.45, 2.75) is 0 Å². The lowest BCUT2D eigenvalue weighted by atomic mass is 10.1. The Hall–Kier alpha value is -3.22. The number of anilines is 1. The Morgan fingerprint density at radius 1 is 1.05 bits per heavy atom. The van der Waals surface area contributed by atoms with E-state index in [0.717, 1.165) is 0 Å². The van der Waals surface area contributed by atoms with E-state index in [1.165, 1.54) is 29.2 Å². The van der Waals surface area contributed by atoms with Crippen LogP contribution in [0.15, 0.2) is 54.6 Å². The molecule has 0 heterocycles. The quantitative estimate of drug-likeness (QED) is 0.670. The molecule has 0 saturated heterocycles. The minimum atomic E-state index is -0.654. The second-order valence-electron chi connectivity index (χ2n) is 4.50. The van der Waals surface area contributed by atoms with Crippen molar-refractivity contribution in [2.75, 3.05) is 11.4 Å². The standard InChI is InChI=1S/C15H13N3O4/c16-14(19)10-17(12-4-2-1-3-5-12)15(20)11-6-8-13(9-7-11)18(21)22/h1-9H,10H2,(H2,16,19). The molecule has 22 heavy (non-hydrogen) atoms. The summed E-state index contributed by atoms with van der Waals surface area (Å²) in [4.78, 5) is 35.0. The van der Waals surface area contributed by atoms with Crippen molar-refractivity contribution in [3.8, 4) is 0 Å². The van der Waals surface area contributed by atoms with E-state index in [1.807, 2.05) is 0 Å². The van der Waals surface area contributed by atoms with Crippen molar-refractivity contribution in [3.63, 3.8) is 0 Å². The molecule has 0 radical (unpaired) electrons. The summed E-state index contributed by atoms with van der Waals surface area (Å²) in [6, 6.07) is 13.7. The van der Waals surface area contributed by atoms with Gasteiger partial charge in [-0.05, 0) is 24.3 Å². The van der Waals surface area contributed by atoms with Crippen molar-refractivity contribution in [2.24, 2.45) is 5.73 Å². The van der Waals surface area contributed by atoms with E-state index in [4.69, 9.17) is 5.73 Å². The third kappa shape index (κ3) is 3.45. The van der Waals surface area contributed by atoms with Gasteiger partial charge in [-0.25, -0.2) is 0 Å². The van der Waals surface area contributed by atoms with Crippen LogP contribution < -0.4 is 10.6 Å². The van der Waals surface area contributed by atoms with Crippen molar-refractivity contribution in [1.29, 1.82) is 0 Å². The Bertz CT molecular complexity index is 698. The second-order valence-corrected chi connectivity index (χ2v) is 4.50. The molecule has 0 bridgehead atoms. The molecule has 0 aromatic heterocycles. The fraction of sp³-hybridized carbons (Fsp3) is 0.0667. The SMILES string of the molecule is NC(=O)CN(C(=O)c1ccc([N+](=O)[O-])cc1)c1ccccc1. The zero-order valence-corrected chi connectivity index (χ0v) is 11.5. The van der Waals surface area contributed by atoms with E-state index in [-0.39, 0.29) is 17.8 Å². The van der Waals surface area contributed by atoms with Crippen LogP contribution in [-0.2, 0) is 4.79 Å². The highest BCUT2D eigenvalue weighted by molar-refractivity contribution is 6.08. The Kier molecular flexibility index (Phi) is 4.47. The fourth-order valence-corrected chi connectivity index (χ4v) is 1.93. The first-order valence-corrected chi connectivity index (χ1v) is 6.38. The molecule has 0 saturated carbocycles. The number of amides is 2. The second kappa shape index (κ2) is 6.49. The van der Waals surface area contributed by atoms with Crippen LogP contribution in [0, 0.1) is 10.1 Å². The molecule has 7 nitrogen and oxygen atoms in total. The van der Waals surface area contributed by atoms with Crippen molar-refractivity contribution in [1.82, 2.24) is 0 Å². The van der Waals surface area contributed by atoms with Gasteiger partial charge in [0.15, 0.2) is 0 Å². The van der Waals surface area contributed by atoms with E-state index >= 15 is 0 Å². The molecule has 0 atom stereocenters. The predicted molar refractivity (Wildman–Crippen MR) is 80.4 cm³/mol. The molecular weight excluding hydrogens is 286 g/mol. The topological polar surface area (TPSA) is 107 Å². The highest BCUT2D eigenvalue weighted by Gasteiger charge is 2.20. The number of hydrogen-bond acceptors (Lipinski definition) is 4. The zero-order chi connectivity index (χ0) is 16.1. The highest BCUT2D eigenvalue weighted by Crippen LogP contribution is 2.18. The number of para-hydroxylation sites is 1. The molecule has 2 amide bonds. The summed E-state index contributed by atoms with van der Waals surface area (Å²) in [6.45, 7) is -0.278. The van der Waals surface area contributed by atoms with E-state index in [1.54, 1.807) is 30.3 Å². The third-order valence-corrected chi connectivity index (χ3v) is 2.95. The van der Waals surface area contributed by atoms with Gasteiger partial charge in [0.25, 0.3) is 11.6 Å². The lowest BCUT2D eigenvalue weighted by molar-refractivity contribution is -0.384. The minimum Gasteiger partial charge on any atom is -0.368 e. The van der Waals surface area contributed by atoms with Gasteiger partial charge in [-0.2, -0.15) is 0 Å². The van der Waals surface area contributed by atoms with Crippen LogP contribution in [0.25, 0.3) is 0 Å². The summed E-state index contributed by atoms with van der Waals surface area (Å²) >= 11 is 0. The van der Waals surface area contributed by atoms with Gasteiger partial charge >= 0.3 is 0 Å². The molecule has 2 rings (SSSR count). The van der Waals surface area contributed by atoms with Crippen molar-refractivity contribution >= 4 is 23.2 Å². The number of carbonyl (C=O) groups is 2. The number of nitro groups is 1. The van der Waals surface area contributed by atoms with Crippen LogP contribution in [0.1, 0.15) is 10.4 Å². The molecule has 0 aliphatic rings. The lowest BCUT2D eigenvalue weighted by Crippen LogP contribution is -2.38. The van der Waals surface area contributed by atoms with Crippen molar-refractivity contribution < 1.29 is 14.5 Å². The number of nitrogens with two attached hydrogens (primary N) is 1.